The Labute approximate surface area is 99.4 Å². The molecule has 92 valence electrons. The Morgan fingerprint density at radius 2 is 1.88 bits per heavy atom. The Morgan fingerprint density at radius 3 is 2.50 bits per heavy atom. The summed E-state index contributed by atoms with van der Waals surface area (Å²) in [4.78, 5) is 14.5. The van der Waals surface area contributed by atoms with Crippen molar-refractivity contribution in [1.82, 2.24) is 4.90 Å². The molecule has 1 aliphatic heterocycles. The Balaban J connectivity index is 1.89. The third-order valence-electron chi connectivity index (χ3n) is 4.47. The predicted octanol–water partition coefficient (Wildman–Crippen LogP) is 3.07. The summed E-state index contributed by atoms with van der Waals surface area (Å²) >= 11 is 0. The highest BCUT2D eigenvalue weighted by Gasteiger charge is 2.31. The Hall–Kier alpha value is -0.530. The molecule has 1 heterocycles. The van der Waals surface area contributed by atoms with Gasteiger partial charge in [0, 0.05) is 19.0 Å². The monoisotopic (exact) mass is 223 g/mol. The molecule has 2 aliphatic rings. The van der Waals surface area contributed by atoms with E-state index < -0.39 is 0 Å². The molecule has 0 bridgehead atoms. The fourth-order valence-corrected chi connectivity index (χ4v) is 3.34. The van der Waals surface area contributed by atoms with E-state index in [4.69, 9.17) is 0 Å². The average Bonchev–Trinajstić information content (AvgIpc) is 2.80. The first-order valence-corrected chi connectivity index (χ1v) is 6.97. The third kappa shape index (κ3) is 2.58. The third-order valence-corrected chi connectivity index (χ3v) is 4.47. The van der Waals surface area contributed by atoms with Gasteiger partial charge in [-0.1, -0.05) is 26.7 Å². The smallest absolute Gasteiger partial charge is 0.225 e. The van der Waals surface area contributed by atoms with Gasteiger partial charge in [0.05, 0.1) is 0 Å². The van der Waals surface area contributed by atoms with E-state index in [2.05, 4.69) is 18.7 Å². The summed E-state index contributed by atoms with van der Waals surface area (Å²) < 4.78 is 0. The SMILES string of the molecule is CC1CCCN(C(=O)C(C)C2CCCC2)C1. The van der Waals surface area contributed by atoms with Gasteiger partial charge in [-0.2, -0.15) is 0 Å². The predicted molar refractivity (Wildman–Crippen MR) is 66.1 cm³/mol. The molecule has 0 N–H and O–H groups in total. The molecule has 0 aromatic rings. The van der Waals surface area contributed by atoms with Gasteiger partial charge in [0.2, 0.25) is 5.91 Å². The van der Waals surface area contributed by atoms with Crippen LogP contribution in [0.15, 0.2) is 0 Å². The summed E-state index contributed by atoms with van der Waals surface area (Å²) in [6, 6.07) is 0. The van der Waals surface area contributed by atoms with Crippen molar-refractivity contribution in [3.63, 3.8) is 0 Å². The number of amides is 1. The van der Waals surface area contributed by atoms with Gasteiger partial charge in [-0.25, -0.2) is 0 Å². The molecule has 2 fully saturated rings. The molecular weight excluding hydrogens is 198 g/mol. The molecule has 1 aliphatic carbocycles. The molecule has 2 heteroatoms. The highest BCUT2D eigenvalue weighted by atomic mass is 16.2. The van der Waals surface area contributed by atoms with Gasteiger partial charge in [-0.15, -0.1) is 0 Å². The lowest BCUT2D eigenvalue weighted by Crippen LogP contribution is -2.43. The zero-order chi connectivity index (χ0) is 11.5. The quantitative estimate of drug-likeness (QED) is 0.704. The number of carbonyl (C=O) groups is 1. The summed E-state index contributed by atoms with van der Waals surface area (Å²) in [5, 5.41) is 0. The van der Waals surface area contributed by atoms with Gasteiger partial charge in [0.1, 0.15) is 0 Å². The van der Waals surface area contributed by atoms with E-state index in [1.54, 1.807) is 0 Å². The zero-order valence-electron chi connectivity index (χ0n) is 10.7. The van der Waals surface area contributed by atoms with Gasteiger partial charge in [0.25, 0.3) is 0 Å². The number of piperidine rings is 1. The number of rotatable bonds is 2. The van der Waals surface area contributed by atoms with Crippen molar-refractivity contribution in [2.24, 2.45) is 17.8 Å². The van der Waals surface area contributed by atoms with Crippen molar-refractivity contribution in [2.75, 3.05) is 13.1 Å². The van der Waals surface area contributed by atoms with E-state index in [-0.39, 0.29) is 5.92 Å². The summed E-state index contributed by atoms with van der Waals surface area (Å²) in [5.41, 5.74) is 0. The van der Waals surface area contributed by atoms with Crippen molar-refractivity contribution in [2.45, 2.75) is 52.4 Å². The molecule has 2 nitrogen and oxygen atoms in total. The average molecular weight is 223 g/mol. The first-order chi connectivity index (χ1) is 7.68. The fourth-order valence-electron chi connectivity index (χ4n) is 3.34. The minimum absolute atomic E-state index is 0.271. The van der Waals surface area contributed by atoms with E-state index in [0.29, 0.717) is 17.7 Å². The molecule has 0 radical (unpaired) electrons. The fraction of sp³-hybridized carbons (Fsp3) is 0.929. The minimum atomic E-state index is 0.271. The van der Waals surface area contributed by atoms with Crippen LogP contribution in [0.25, 0.3) is 0 Å². The van der Waals surface area contributed by atoms with Crippen LogP contribution in [0.1, 0.15) is 52.4 Å². The molecule has 0 spiro atoms. The van der Waals surface area contributed by atoms with Gasteiger partial charge in [0.15, 0.2) is 0 Å². The second-order valence-corrected chi connectivity index (χ2v) is 5.86. The molecule has 2 atom stereocenters. The van der Waals surface area contributed by atoms with Crippen LogP contribution in [0.2, 0.25) is 0 Å². The molecule has 16 heavy (non-hydrogen) atoms. The van der Waals surface area contributed by atoms with Crippen molar-refractivity contribution in [3.8, 4) is 0 Å². The number of nitrogens with zero attached hydrogens (tertiary/aromatic N) is 1. The van der Waals surface area contributed by atoms with Crippen LogP contribution in [0.5, 0.6) is 0 Å². The van der Waals surface area contributed by atoms with Crippen LogP contribution >= 0.6 is 0 Å². The Morgan fingerprint density at radius 1 is 1.19 bits per heavy atom. The first kappa shape index (κ1) is 11.9. The lowest BCUT2D eigenvalue weighted by Gasteiger charge is -2.34. The van der Waals surface area contributed by atoms with Gasteiger partial charge in [-0.05, 0) is 37.5 Å². The lowest BCUT2D eigenvalue weighted by atomic mass is 9.90. The summed E-state index contributed by atoms with van der Waals surface area (Å²) in [6.07, 6.45) is 7.70. The summed E-state index contributed by atoms with van der Waals surface area (Å²) in [5.74, 6) is 2.07. The zero-order valence-corrected chi connectivity index (χ0v) is 10.7. The summed E-state index contributed by atoms with van der Waals surface area (Å²) in [6.45, 7) is 6.41. The number of carbonyl (C=O) groups excluding carboxylic acids is 1. The number of likely N-dealkylation sites (tertiary alicyclic amines) is 1. The maximum atomic E-state index is 12.4. The molecule has 2 unspecified atom stereocenters. The maximum Gasteiger partial charge on any atom is 0.225 e. The van der Waals surface area contributed by atoms with E-state index in [9.17, 15) is 4.79 Å². The van der Waals surface area contributed by atoms with E-state index in [1.165, 1.54) is 38.5 Å². The molecule has 1 saturated carbocycles. The Kier molecular flexibility index (Phi) is 3.88. The topological polar surface area (TPSA) is 20.3 Å². The molecule has 0 aromatic heterocycles. The highest BCUT2D eigenvalue weighted by molar-refractivity contribution is 5.79. The standard InChI is InChI=1S/C14H25NO/c1-11-6-5-9-15(10-11)14(16)12(2)13-7-3-4-8-13/h11-13H,3-10H2,1-2H3. The van der Waals surface area contributed by atoms with Crippen LogP contribution in [0.3, 0.4) is 0 Å². The van der Waals surface area contributed by atoms with Gasteiger partial charge in [-0.3, -0.25) is 4.79 Å². The van der Waals surface area contributed by atoms with Crippen molar-refractivity contribution in [1.29, 1.82) is 0 Å². The molecule has 0 aromatic carbocycles. The summed E-state index contributed by atoms with van der Waals surface area (Å²) in [7, 11) is 0. The van der Waals surface area contributed by atoms with E-state index in [0.717, 1.165) is 13.1 Å². The molecular formula is C14H25NO. The maximum absolute atomic E-state index is 12.4. The molecule has 1 amide bonds. The van der Waals surface area contributed by atoms with Crippen LogP contribution in [0, 0.1) is 17.8 Å². The van der Waals surface area contributed by atoms with Crippen molar-refractivity contribution >= 4 is 5.91 Å². The van der Waals surface area contributed by atoms with Gasteiger partial charge < -0.3 is 4.90 Å². The van der Waals surface area contributed by atoms with Crippen LogP contribution < -0.4 is 0 Å². The van der Waals surface area contributed by atoms with Crippen molar-refractivity contribution in [3.05, 3.63) is 0 Å². The Bertz CT molecular complexity index is 241. The largest absolute Gasteiger partial charge is 0.342 e. The minimum Gasteiger partial charge on any atom is -0.342 e. The van der Waals surface area contributed by atoms with Crippen LogP contribution in [-0.2, 0) is 4.79 Å². The molecule has 1 saturated heterocycles. The second kappa shape index (κ2) is 5.20. The van der Waals surface area contributed by atoms with Crippen LogP contribution in [-0.4, -0.2) is 23.9 Å². The lowest BCUT2D eigenvalue weighted by molar-refractivity contribution is -0.138. The molecule has 2 rings (SSSR count). The first-order valence-electron chi connectivity index (χ1n) is 6.97. The van der Waals surface area contributed by atoms with E-state index >= 15 is 0 Å². The highest BCUT2D eigenvalue weighted by Crippen LogP contribution is 2.32. The second-order valence-electron chi connectivity index (χ2n) is 5.86. The number of hydrogen-bond donors (Lipinski definition) is 0. The van der Waals surface area contributed by atoms with Crippen LogP contribution in [0.4, 0.5) is 0 Å². The van der Waals surface area contributed by atoms with E-state index in [1.807, 2.05) is 0 Å². The van der Waals surface area contributed by atoms with Crippen molar-refractivity contribution < 1.29 is 4.79 Å². The normalized spacial score (nSPS) is 29.4. The van der Waals surface area contributed by atoms with Gasteiger partial charge >= 0.3 is 0 Å². The number of hydrogen-bond acceptors (Lipinski definition) is 1.